The third-order valence-electron chi connectivity index (χ3n) is 2.47. The summed E-state index contributed by atoms with van der Waals surface area (Å²) in [5.74, 6) is 0.269. The number of pyridine rings is 1. The van der Waals surface area contributed by atoms with Crippen LogP contribution >= 0.6 is 0 Å². The quantitative estimate of drug-likeness (QED) is 0.598. The van der Waals surface area contributed by atoms with Crippen LogP contribution in [0.5, 0.6) is 5.75 Å². The first-order chi connectivity index (χ1) is 8.31. The molecule has 0 unspecified atom stereocenters. The van der Waals surface area contributed by atoms with Gasteiger partial charge in [-0.2, -0.15) is 0 Å². The zero-order valence-corrected chi connectivity index (χ0v) is 9.59. The fourth-order valence-corrected chi connectivity index (χ4v) is 1.54. The lowest BCUT2D eigenvalue weighted by Gasteiger charge is -2.08. The SMILES string of the molecule is CCc1ccccc1OC(=O)c1ccncc1. The lowest BCUT2D eigenvalue weighted by molar-refractivity contribution is 0.0733. The molecule has 3 nitrogen and oxygen atoms in total. The van der Waals surface area contributed by atoms with Crippen molar-refractivity contribution >= 4 is 5.97 Å². The second-order valence-electron chi connectivity index (χ2n) is 3.59. The first-order valence-corrected chi connectivity index (χ1v) is 5.51. The highest BCUT2D eigenvalue weighted by Crippen LogP contribution is 2.19. The molecule has 0 bridgehead atoms. The largest absolute Gasteiger partial charge is 0.423 e. The number of hydrogen-bond donors (Lipinski definition) is 0. The van der Waals surface area contributed by atoms with Crippen molar-refractivity contribution in [3.63, 3.8) is 0 Å². The molecule has 0 aliphatic carbocycles. The summed E-state index contributed by atoms with van der Waals surface area (Å²) in [6, 6.07) is 10.8. The maximum absolute atomic E-state index is 11.8. The molecule has 3 heteroatoms. The Bertz CT molecular complexity index is 509. The number of esters is 1. The first kappa shape index (κ1) is 11.3. The van der Waals surface area contributed by atoms with Crippen molar-refractivity contribution in [1.82, 2.24) is 4.98 Å². The van der Waals surface area contributed by atoms with Gasteiger partial charge in [-0.3, -0.25) is 4.98 Å². The molecule has 0 saturated carbocycles. The van der Waals surface area contributed by atoms with Crippen LogP contribution in [-0.2, 0) is 6.42 Å². The molecule has 0 fully saturated rings. The molecule has 2 aromatic rings. The maximum atomic E-state index is 11.8. The molecule has 0 amide bonds. The fraction of sp³-hybridized carbons (Fsp3) is 0.143. The minimum Gasteiger partial charge on any atom is -0.423 e. The Morgan fingerprint density at radius 3 is 2.59 bits per heavy atom. The number of carbonyl (C=O) groups is 1. The fourth-order valence-electron chi connectivity index (χ4n) is 1.54. The Morgan fingerprint density at radius 1 is 1.18 bits per heavy atom. The van der Waals surface area contributed by atoms with Gasteiger partial charge in [0.1, 0.15) is 5.75 Å². The predicted molar refractivity (Wildman–Crippen MR) is 65.0 cm³/mol. The van der Waals surface area contributed by atoms with E-state index in [0.717, 1.165) is 12.0 Å². The van der Waals surface area contributed by atoms with Crippen molar-refractivity contribution in [1.29, 1.82) is 0 Å². The lowest BCUT2D eigenvalue weighted by Crippen LogP contribution is -2.09. The summed E-state index contributed by atoms with van der Waals surface area (Å²) in [5.41, 5.74) is 1.53. The Morgan fingerprint density at radius 2 is 1.88 bits per heavy atom. The van der Waals surface area contributed by atoms with Crippen molar-refractivity contribution in [2.45, 2.75) is 13.3 Å². The highest BCUT2D eigenvalue weighted by molar-refractivity contribution is 5.90. The second-order valence-corrected chi connectivity index (χ2v) is 3.59. The van der Waals surface area contributed by atoms with Crippen molar-refractivity contribution < 1.29 is 9.53 Å². The Kier molecular flexibility index (Phi) is 3.50. The van der Waals surface area contributed by atoms with Gasteiger partial charge in [-0.15, -0.1) is 0 Å². The molecule has 0 aliphatic heterocycles. The lowest BCUT2D eigenvalue weighted by atomic mass is 10.1. The van der Waals surface area contributed by atoms with Crippen molar-refractivity contribution in [3.8, 4) is 5.75 Å². The van der Waals surface area contributed by atoms with Gasteiger partial charge in [-0.05, 0) is 30.2 Å². The Hall–Kier alpha value is -2.16. The van der Waals surface area contributed by atoms with Crippen molar-refractivity contribution in [2.75, 3.05) is 0 Å². The van der Waals surface area contributed by atoms with Crippen LogP contribution in [0.4, 0.5) is 0 Å². The van der Waals surface area contributed by atoms with Crippen LogP contribution in [0.15, 0.2) is 48.8 Å². The number of rotatable bonds is 3. The van der Waals surface area contributed by atoms with Crippen LogP contribution in [0, 0.1) is 0 Å². The van der Waals surface area contributed by atoms with Gasteiger partial charge >= 0.3 is 5.97 Å². The molecule has 0 atom stereocenters. The number of aromatic nitrogens is 1. The summed E-state index contributed by atoms with van der Waals surface area (Å²) in [4.78, 5) is 15.7. The molecule has 0 radical (unpaired) electrons. The number of benzene rings is 1. The minimum atomic E-state index is -0.353. The molecule has 1 aromatic carbocycles. The Labute approximate surface area is 100 Å². The van der Waals surface area contributed by atoms with E-state index >= 15 is 0 Å². The summed E-state index contributed by atoms with van der Waals surface area (Å²) < 4.78 is 5.36. The number of ether oxygens (including phenoxy) is 1. The molecule has 0 N–H and O–H groups in total. The van der Waals surface area contributed by atoms with Gasteiger partial charge in [0.15, 0.2) is 0 Å². The van der Waals surface area contributed by atoms with Crippen LogP contribution in [-0.4, -0.2) is 11.0 Å². The van der Waals surface area contributed by atoms with Crippen LogP contribution in [0.1, 0.15) is 22.8 Å². The molecular formula is C14H13NO2. The zero-order valence-electron chi connectivity index (χ0n) is 9.59. The molecule has 86 valence electrons. The molecular weight excluding hydrogens is 214 g/mol. The molecule has 0 aliphatic rings. The van der Waals surface area contributed by atoms with Crippen molar-refractivity contribution in [3.05, 3.63) is 59.9 Å². The van der Waals surface area contributed by atoms with Gasteiger partial charge in [-0.1, -0.05) is 25.1 Å². The van der Waals surface area contributed by atoms with Crippen LogP contribution in [0.2, 0.25) is 0 Å². The summed E-state index contributed by atoms with van der Waals surface area (Å²) in [6.07, 6.45) is 3.98. The molecule has 2 rings (SSSR count). The van der Waals surface area contributed by atoms with E-state index in [9.17, 15) is 4.79 Å². The number of para-hydroxylation sites is 1. The first-order valence-electron chi connectivity index (χ1n) is 5.51. The smallest absolute Gasteiger partial charge is 0.343 e. The minimum absolute atomic E-state index is 0.353. The van der Waals surface area contributed by atoms with Crippen molar-refractivity contribution in [2.24, 2.45) is 0 Å². The van der Waals surface area contributed by atoms with Crippen LogP contribution in [0.3, 0.4) is 0 Å². The van der Waals surface area contributed by atoms with E-state index in [-0.39, 0.29) is 5.97 Å². The normalized spacial score (nSPS) is 9.94. The zero-order chi connectivity index (χ0) is 12.1. The van der Waals surface area contributed by atoms with E-state index in [1.165, 1.54) is 0 Å². The second kappa shape index (κ2) is 5.25. The van der Waals surface area contributed by atoms with Gasteiger partial charge in [0.25, 0.3) is 0 Å². The summed E-state index contributed by atoms with van der Waals surface area (Å²) in [5, 5.41) is 0. The maximum Gasteiger partial charge on any atom is 0.343 e. The molecule has 17 heavy (non-hydrogen) atoms. The highest BCUT2D eigenvalue weighted by Gasteiger charge is 2.09. The van der Waals surface area contributed by atoms with E-state index in [2.05, 4.69) is 4.98 Å². The number of aryl methyl sites for hydroxylation is 1. The third kappa shape index (κ3) is 2.69. The van der Waals surface area contributed by atoms with Gasteiger partial charge in [0.05, 0.1) is 5.56 Å². The standard InChI is InChI=1S/C14H13NO2/c1-2-11-5-3-4-6-13(11)17-14(16)12-7-9-15-10-8-12/h3-10H,2H2,1H3. The Balaban J connectivity index is 2.19. The van der Waals surface area contributed by atoms with E-state index in [1.54, 1.807) is 30.6 Å². The van der Waals surface area contributed by atoms with E-state index < -0.39 is 0 Å². The number of carbonyl (C=O) groups excluding carboxylic acids is 1. The van der Waals surface area contributed by atoms with Gasteiger partial charge in [0, 0.05) is 12.4 Å². The molecule has 0 spiro atoms. The number of nitrogens with zero attached hydrogens (tertiary/aromatic N) is 1. The van der Waals surface area contributed by atoms with Crippen LogP contribution < -0.4 is 4.74 Å². The average molecular weight is 227 g/mol. The highest BCUT2D eigenvalue weighted by atomic mass is 16.5. The summed E-state index contributed by atoms with van der Waals surface area (Å²) >= 11 is 0. The summed E-state index contributed by atoms with van der Waals surface area (Å²) in [6.45, 7) is 2.03. The van der Waals surface area contributed by atoms with E-state index in [0.29, 0.717) is 11.3 Å². The molecule has 1 aromatic heterocycles. The van der Waals surface area contributed by atoms with E-state index in [1.807, 2.05) is 25.1 Å². The summed E-state index contributed by atoms with van der Waals surface area (Å²) in [7, 11) is 0. The average Bonchev–Trinajstić information content (AvgIpc) is 2.40. The number of hydrogen-bond acceptors (Lipinski definition) is 3. The predicted octanol–water partition coefficient (Wildman–Crippen LogP) is 2.86. The van der Waals surface area contributed by atoms with Gasteiger partial charge < -0.3 is 4.74 Å². The van der Waals surface area contributed by atoms with Gasteiger partial charge in [-0.25, -0.2) is 4.79 Å². The molecule has 1 heterocycles. The third-order valence-corrected chi connectivity index (χ3v) is 2.47. The monoisotopic (exact) mass is 227 g/mol. The van der Waals surface area contributed by atoms with Crippen LogP contribution in [0.25, 0.3) is 0 Å². The van der Waals surface area contributed by atoms with Gasteiger partial charge in [0.2, 0.25) is 0 Å². The van der Waals surface area contributed by atoms with E-state index in [4.69, 9.17) is 4.74 Å². The molecule has 0 saturated heterocycles. The topological polar surface area (TPSA) is 39.2 Å².